The molecule has 1 amide bonds. The molecule has 0 aliphatic rings. The SMILES string of the molecule is COc1cccc(/C=N\NC(=O)c2cc(-c3ccccc3)nc3ccccc23)c1OCc1ccccc1F. The zero-order valence-electron chi connectivity index (χ0n) is 20.6. The Morgan fingerprint density at radius 1 is 0.947 bits per heavy atom. The Balaban J connectivity index is 1.40. The summed E-state index contributed by atoms with van der Waals surface area (Å²) in [7, 11) is 1.52. The number of nitrogens with zero attached hydrogens (tertiary/aromatic N) is 2. The second-order valence-electron chi connectivity index (χ2n) is 8.40. The summed E-state index contributed by atoms with van der Waals surface area (Å²) in [5, 5.41) is 4.90. The summed E-state index contributed by atoms with van der Waals surface area (Å²) in [5.41, 5.74) is 6.34. The summed E-state index contributed by atoms with van der Waals surface area (Å²) >= 11 is 0. The number of para-hydroxylation sites is 2. The van der Waals surface area contributed by atoms with Gasteiger partial charge in [-0.15, -0.1) is 0 Å². The molecule has 4 aromatic carbocycles. The number of hydrazone groups is 1. The molecule has 1 N–H and O–H groups in total. The molecule has 7 heteroatoms. The van der Waals surface area contributed by atoms with Crippen LogP contribution >= 0.6 is 0 Å². The van der Waals surface area contributed by atoms with Gasteiger partial charge in [0.05, 0.1) is 30.1 Å². The number of ether oxygens (including phenoxy) is 2. The molecule has 0 bridgehead atoms. The van der Waals surface area contributed by atoms with E-state index >= 15 is 0 Å². The number of fused-ring (bicyclic) bond motifs is 1. The third kappa shape index (κ3) is 5.37. The van der Waals surface area contributed by atoms with Crippen LogP contribution in [0.25, 0.3) is 22.2 Å². The standard InChI is InChI=1S/C31H24FN3O3/c1-37-29-17-9-13-22(30(29)38-20-23-12-5-7-15-26(23)32)19-33-35-31(36)25-18-28(21-10-3-2-4-11-21)34-27-16-8-6-14-24(25)27/h2-19H,20H2,1H3,(H,35,36)/b33-19-. The van der Waals surface area contributed by atoms with E-state index in [2.05, 4.69) is 10.5 Å². The maximum atomic E-state index is 14.1. The lowest BCUT2D eigenvalue weighted by Crippen LogP contribution is -2.18. The molecule has 0 saturated carbocycles. The minimum Gasteiger partial charge on any atom is -0.493 e. The number of methoxy groups -OCH3 is 1. The zero-order valence-corrected chi connectivity index (χ0v) is 20.6. The van der Waals surface area contributed by atoms with Crippen molar-refractivity contribution in [1.82, 2.24) is 10.4 Å². The van der Waals surface area contributed by atoms with E-state index in [1.807, 2.05) is 54.6 Å². The van der Waals surface area contributed by atoms with Gasteiger partial charge in [-0.1, -0.05) is 72.8 Å². The van der Waals surface area contributed by atoms with E-state index < -0.39 is 0 Å². The van der Waals surface area contributed by atoms with Crippen LogP contribution in [0.15, 0.2) is 108 Å². The molecule has 0 unspecified atom stereocenters. The maximum Gasteiger partial charge on any atom is 0.272 e. The van der Waals surface area contributed by atoms with Crippen molar-refractivity contribution in [2.45, 2.75) is 6.61 Å². The first-order valence-electron chi connectivity index (χ1n) is 12.0. The highest BCUT2D eigenvalue weighted by atomic mass is 19.1. The van der Waals surface area contributed by atoms with Crippen molar-refractivity contribution < 1.29 is 18.7 Å². The Morgan fingerprint density at radius 3 is 2.53 bits per heavy atom. The molecular formula is C31H24FN3O3. The highest BCUT2D eigenvalue weighted by Crippen LogP contribution is 2.31. The predicted molar refractivity (Wildman–Crippen MR) is 146 cm³/mol. The van der Waals surface area contributed by atoms with E-state index in [9.17, 15) is 9.18 Å². The summed E-state index contributed by atoms with van der Waals surface area (Å²) in [6, 6.07) is 30.6. The molecule has 0 aliphatic heterocycles. The summed E-state index contributed by atoms with van der Waals surface area (Å²) in [6.07, 6.45) is 1.47. The number of carbonyl (C=O) groups excluding carboxylic acids is 1. The summed E-state index contributed by atoms with van der Waals surface area (Å²) in [6.45, 7) is 0.00547. The van der Waals surface area contributed by atoms with Gasteiger partial charge < -0.3 is 9.47 Å². The molecule has 188 valence electrons. The van der Waals surface area contributed by atoms with Crippen molar-refractivity contribution in [3.63, 3.8) is 0 Å². The zero-order chi connectivity index (χ0) is 26.3. The average Bonchev–Trinajstić information content (AvgIpc) is 2.96. The molecule has 0 atom stereocenters. The number of halogens is 1. The van der Waals surface area contributed by atoms with Crippen LogP contribution < -0.4 is 14.9 Å². The molecule has 5 aromatic rings. The third-order valence-electron chi connectivity index (χ3n) is 5.96. The van der Waals surface area contributed by atoms with Crippen molar-refractivity contribution in [2.75, 3.05) is 7.11 Å². The second-order valence-corrected chi connectivity index (χ2v) is 8.40. The van der Waals surface area contributed by atoms with E-state index in [1.165, 1.54) is 19.4 Å². The lowest BCUT2D eigenvalue weighted by atomic mass is 10.0. The number of hydrogen-bond donors (Lipinski definition) is 1. The van der Waals surface area contributed by atoms with Gasteiger partial charge in [0.2, 0.25) is 0 Å². The second kappa shape index (κ2) is 11.3. The number of pyridine rings is 1. The number of nitrogens with one attached hydrogen (secondary N) is 1. The number of benzene rings is 4. The average molecular weight is 506 g/mol. The van der Waals surface area contributed by atoms with Crippen LogP contribution in [-0.2, 0) is 6.61 Å². The fourth-order valence-corrected chi connectivity index (χ4v) is 4.06. The van der Waals surface area contributed by atoms with E-state index in [-0.39, 0.29) is 18.3 Å². The molecule has 1 aromatic heterocycles. The summed E-state index contributed by atoms with van der Waals surface area (Å²) in [5.74, 6) is 0.110. The maximum absolute atomic E-state index is 14.1. The molecule has 0 aliphatic carbocycles. The number of carbonyl (C=O) groups is 1. The minimum absolute atomic E-state index is 0.00547. The summed E-state index contributed by atoms with van der Waals surface area (Å²) < 4.78 is 25.4. The van der Waals surface area contributed by atoms with Crippen molar-refractivity contribution in [2.24, 2.45) is 5.10 Å². The van der Waals surface area contributed by atoms with Crippen LogP contribution in [0, 0.1) is 5.82 Å². The molecule has 0 saturated heterocycles. The van der Waals surface area contributed by atoms with Crippen molar-refractivity contribution in [3.8, 4) is 22.8 Å². The fraction of sp³-hybridized carbons (Fsp3) is 0.0645. The number of aromatic nitrogens is 1. The van der Waals surface area contributed by atoms with Gasteiger partial charge in [-0.05, 0) is 30.3 Å². The van der Waals surface area contributed by atoms with Crippen LogP contribution in [0.5, 0.6) is 11.5 Å². The first kappa shape index (κ1) is 24.6. The van der Waals surface area contributed by atoms with Crippen LogP contribution in [0.4, 0.5) is 4.39 Å². The minimum atomic E-state index is -0.381. The van der Waals surface area contributed by atoms with Gasteiger partial charge in [0.1, 0.15) is 12.4 Å². The molecule has 0 radical (unpaired) electrons. The quantitative estimate of drug-likeness (QED) is 0.196. The number of hydrogen-bond acceptors (Lipinski definition) is 5. The van der Waals surface area contributed by atoms with E-state index in [0.29, 0.717) is 39.4 Å². The van der Waals surface area contributed by atoms with Crippen molar-refractivity contribution >= 4 is 23.0 Å². The molecule has 6 nitrogen and oxygen atoms in total. The first-order valence-corrected chi connectivity index (χ1v) is 12.0. The topological polar surface area (TPSA) is 72.8 Å². The van der Waals surface area contributed by atoms with Crippen molar-refractivity contribution in [3.05, 3.63) is 126 Å². The Bertz CT molecular complexity index is 1620. The Morgan fingerprint density at radius 2 is 1.71 bits per heavy atom. The molecular weight excluding hydrogens is 481 g/mol. The lowest BCUT2D eigenvalue weighted by molar-refractivity contribution is 0.0956. The van der Waals surface area contributed by atoms with Gasteiger partial charge in [0, 0.05) is 22.1 Å². The normalized spacial score (nSPS) is 11.0. The predicted octanol–water partition coefficient (Wildman–Crippen LogP) is 6.39. The van der Waals surface area contributed by atoms with E-state index in [4.69, 9.17) is 14.5 Å². The smallest absolute Gasteiger partial charge is 0.272 e. The van der Waals surface area contributed by atoms with Crippen molar-refractivity contribution in [1.29, 1.82) is 0 Å². The van der Waals surface area contributed by atoms with Gasteiger partial charge in [-0.3, -0.25) is 4.79 Å². The highest BCUT2D eigenvalue weighted by Gasteiger charge is 2.14. The summed E-state index contributed by atoms with van der Waals surface area (Å²) in [4.78, 5) is 18.0. The van der Waals surface area contributed by atoms with Gasteiger partial charge >= 0.3 is 0 Å². The largest absolute Gasteiger partial charge is 0.493 e. The number of amides is 1. The van der Waals surface area contributed by atoms with Crippen LogP contribution in [0.2, 0.25) is 0 Å². The third-order valence-corrected chi connectivity index (χ3v) is 5.96. The van der Waals surface area contributed by atoms with E-state index in [1.54, 1.807) is 42.5 Å². The van der Waals surface area contributed by atoms with Gasteiger partial charge in [0.25, 0.3) is 5.91 Å². The Kier molecular flexibility index (Phi) is 7.36. The molecule has 0 spiro atoms. The lowest BCUT2D eigenvalue weighted by Gasteiger charge is -2.13. The Hall–Kier alpha value is -5.04. The van der Waals surface area contributed by atoms with Gasteiger partial charge in [-0.2, -0.15) is 5.10 Å². The fourth-order valence-electron chi connectivity index (χ4n) is 4.06. The molecule has 5 rings (SSSR count). The monoisotopic (exact) mass is 505 g/mol. The molecule has 38 heavy (non-hydrogen) atoms. The van der Waals surface area contributed by atoms with Crippen LogP contribution in [0.3, 0.4) is 0 Å². The number of rotatable bonds is 8. The van der Waals surface area contributed by atoms with Gasteiger partial charge in [-0.25, -0.2) is 14.8 Å². The van der Waals surface area contributed by atoms with Gasteiger partial charge in [0.15, 0.2) is 11.5 Å². The van der Waals surface area contributed by atoms with Crippen LogP contribution in [-0.4, -0.2) is 24.2 Å². The Labute approximate surface area is 219 Å². The first-order chi connectivity index (χ1) is 18.6. The highest BCUT2D eigenvalue weighted by molar-refractivity contribution is 6.07. The molecule has 1 heterocycles. The molecule has 0 fully saturated rings. The van der Waals surface area contributed by atoms with E-state index in [0.717, 1.165) is 10.9 Å². The van der Waals surface area contributed by atoms with Crippen LogP contribution in [0.1, 0.15) is 21.5 Å².